The molecule has 0 aliphatic carbocycles. The van der Waals surface area contributed by atoms with Gasteiger partial charge >= 0.3 is 0 Å². The molecule has 1 heterocycles. The van der Waals surface area contributed by atoms with E-state index in [0.29, 0.717) is 30.9 Å². The second-order valence-corrected chi connectivity index (χ2v) is 8.82. The fraction of sp³-hybridized carbons (Fsp3) is 0.407. The van der Waals surface area contributed by atoms with Gasteiger partial charge in [0.25, 0.3) is 11.7 Å². The highest BCUT2D eigenvalue weighted by Gasteiger charge is 2.45. The van der Waals surface area contributed by atoms with Crippen molar-refractivity contribution >= 4 is 17.4 Å². The maximum Gasteiger partial charge on any atom is 0.295 e. The molecule has 2 aromatic rings. The van der Waals surface area contributed by atoms with Crippen LogP contribution in [0.2, 0.25) is 0 Å². The Labute approximate surface area is 195 Å². The van der Waals surface area contributed by atoms with Crippen molar-refractivity contribution in [3.8, 4) is 5.75 Å². The van der Waals surface area contributed by atoms with E-state index >= 15 is 0 Å². The molecule has 33 heavy (non-hydrogen) atoms. The van der Waals surface area contributed by atoms with Crippen molar-refractivity contribution in [1.29, 1.82) is 0 Å². The van der Waals surface area contributed by atoms with E-state index < -0.39 is 17.7 Å². The Morgan fingerprint density at radius 1 is 1.03 bits per heavy atom. The van der Waals surface area contributed by atoms with Crippen molar-refractivity contribution in [2.24, 2.45) is 0 Å². The van der Waals surface area contributed by atoms with Crippen molar-refractivity contribution in [3.05, 3.63) is 70.8 Å². The summed E-state index contributed by atoms with van der Waals surface area (Å²) in [6, 6.07) is 13.9. The van der Waals surface area contributed by atoms with E-state index in [4.69, 9.17) is 9.47 Å². The third kappa shape index (κ3) is 5.63. The Bertz CT molecular complexity index is 1030. The topological polar surface area (TPSA) is 76.1 Å². The molecule has 1 saturated heterocycles. The molecule has 0 saturated carbocycles. The highest BCUT2D eigenvalue weighted by atomic mass is 16.5. The zero-order valence-electron chi connectivity index (χ0n) is 20.0. The van der Waals surface area contributed by atoms with Gasteiger partial charge in [0.2, 0.25) is 0 Å². The SMILES string of the molecule is Cc1cc(/C(O)=C2/C(=O)C(=O)N(CCCOC(C)C)C2c2ccccc2)ccc1OC(C)C. The number of hydrogen-bond donors (Lipinski definition) is 1. The summed E-state index contributed by atoms with van der Waals surface area (Å²) in [5.41, 5.74) is 2.20. The molecule has 2 aromatic carbocycles. The monoisotopic (exact) mass is 451 g/mol. The summed E-state index contributed by atoms with van der Waals surface area (Å²) in [7, 11) is 0. The number of Topliss-reactive ketones (excluding diaryl/α,β-unsaturated/α-hetero) is 1. The van der Waals surface area contributed by atoms with Crippen LogP contribution in [0, 0.1) is 6.92 Å². The Balaban J connectivity index is 2.00. The van der Waals surface area contributed by atoms with E-state index in [1.54, 1.807) is 18.2 Å². The minimum Gasteiger partial charge on any atom is -0.507 e. The summed E-state index contributed by atoms with van der Waals surface area (Å²) in [5, 5.41) is 11.2. The van der Waals surface area contributed by atoms with Crippen LogP contribution in [0.1, 0.15) is 56.8 Å². The maximum absolute atomic E-state index is 13.1. The summed E-state index contributed by atoms with van der Waals surface area (Å²) in [6.07, 6.45) is 0.706. The van der Waals surface area contributed by atoms with Gasteiger partial charge in [-0.2, -0.15) is 0 Å². The standard InChI is InChI=1S/C27H33NO5/c1-17(2)32-15-9-14-28-24(20-10-7-6-8-11-20)23(26(30)27(28)31)25(29)21-12-13-22(19(5)16-21)33-18(3)4/h6-8,10-13,16-18,24,29H,9,14-15H2,1-5H3/b25-23-. The van der Waals surface area contributed by atoms with Crippen molar-refractivity contribution in [1.82, 2.24) is 4.90 Å². The molecule has 3 rings (SSSR count). The second-order valence-electron chi connectivity index (χ2n) is 8.82. The van der Waals surface area contributed by atoms with E-state index in [0.717, 1.165) is 11.1 Å². The molecule has 1 N–H and O–H groups in total. The molecule has 0 spiro atoms. The number of aryl methyl sites for hydroxylation is 1. The third-order valence-corrected chi connectivity index (χ3v) is 5.46. The number of likely N-dealkylation sites (tertiary alicyclic amines) is 1. The maximum atomic E-state index is 13.1. The molecule has 1 aliphatic heterocycles. The van der Waals surface area contributed by atoms with Crippen LogP contribution in [-0.4, -0.2) is 47.1 Å². The Kier molecular flexibility index (Phi) is 7.92. The van der Waals surface area contributed by atoms with Crippen molar-refractivity contribution in [3.63, 3.8) is 0 Å². The number of aliphatic hydroxyl groups is 1. The van der Waals surface area contributed by atoms with Gasteiger partial charge in [-0.15, -0.1) is 0 Å². The minimum atomic E-state index is -0.675. The van der Waals surface area contributed by atoms with Crippen molar-refractivity contribution in [2.45, 2.75) is 59.3 Å². The number of amides is 1. The Hall–Kier alpha value is -3.12. The molecule has 1 unspecified atom stereocenters. The van der Waals surface area contributed by atoms with Crippen LogP contribution >= 0.6 is 0 Å². The molecular weight excluding hydrogens is 418 g/mol. The molecule has 6 heteroatoms. The summed E-state index contributed by atoms with van der Waals surface area (Å²) in [5.74, 6) is -0.744. The van der Waals surface area contributed by atoms with Gasteiger partial charge in [0.1, 0.15) is 11.5 Å². The number of carbonyl (C=O) groups is 2. The van der Waals surface area contributed by atoms with Crippen LogP contribution in [-0.2, 0) is 14.3 Å². The van der Waals surface area contributed by atoms with E-state index in [2.05, 4.69) is 0 Å². The number of carbonyl (C=O) groups excluding carboxylic acids is 2. The molecular formula is C27H33NO5. The average molecular weight is 452 g/mol. The molecule has 0 radical (unpaired) electrons. The van der Waals surface area contributed by atoms with E-state index in [-0.39, 0.29) is 23.5 Å². The molecule has 1 fully saturated rings. The number of hydrogen-bond acceptors (Lipinski definition) is 5. The lowest BCUT2D eigenvalue weighted by Gasteiger charge is -2.25. The highest BCUT2D eigenvalue weighted by molar-refractivity contribution is 6.46. The molecule has 1 aliphatic rings. The van der Waals surface area contributed by atoms with Gasteiger partial charge in [-0.1, -0.05) is 30.3 Å². The first-order valence-corrected chi connectivity index (χ1v) is 11.4. The number of benzene rings is 2. The first-order chi connectivity index (χ1) is 15.7. The zero-order valence-corrected chi connectivity index (χ0v) is 20.0. The lowest BCUT2D eigenvalue weighted by molar-refractivity contribution is -0.140. The van der Waals surface area contributed by atoms with Crippen LogP contribution < -0.4 is 4.74 Å². The minimum absolute atomic E-state index is 0.0197. The summed E-state index contributed by atoms with van der Waals surface area (Å²) >= 11 is 0. The van der Waals surface area contributed by atoms with Crippen molar-refractivity contribution in [2.75, 3.05) is 13.2 Å². The van der Waals surface area contributed by atoms with Crippen molar-refractivity contribution < 1.29 is 24.2 Å². The number of aliphatic hydroxyl groups excluding tert-OH is 1. The van der Waals surface area contributed by atoms with E-state index in [1.807, 2.05) is 65.0 Å². The number of ether oxygens (including phenoxy) is 2. The largest absolute Gasteiger partial charge is 0.507 e. The molecule has 1 atom stereocenters. The van der Waals surface area contributed by atoms with E-state index in [9.17, 15) is 14.7 Å². The highest BCUT2D eigenvalue weighted by Crippen LogP contribution is 2.39. The summed E-state index contributed by atoms with van der Waals surface area (Å²) < 4.78 is 11.4. The lowest BCUT2D eigenvalue weighted by atomic mass is 9.95. The van der Waals surface area contributed by atoms with Gasteiger partial charge in [0.05, 0.1) is 23.8 Å². The molecule has 6 nitrogen and oxygen atoms in total. The third-order valence-electron chi connectivity index (χ3n) is 5.46. The predicted molar refractivity (Wildman–Crippen MR) is 128 cm³/mol. The molecule has 0 aromatic heterocycles. The smallest absolute Gasteiger partial charge is 0.295 e. The quantitative estimate of drug-likeness (QED) is 0.251. The lowest BCUT2D eigenvalue weighted by Crippen LogP contribution is -2.31. The van der Waals surface area contributed by atoms with Gasteiger partial charge < -0.3 is 19.5 Å². The first-order valence-electron chi connectivity index (χ1n) is 11.4. The molecule has 0 bridgehead atoms. The number of ketones is 1. The zero-order chi connectivity index (χ0) is 24.1. The normalized spacial score (nSPS) is 17.9. The van der Waals surface area contributed by atoms with E-state index in [1.165, 1.54) is 4.90 Å². The summed E-state index contributed by atoms with van der Waals surface area (Å²) in [6.45, 7) is 10.5. The summed E-state index contributed by atoms with van der Waals surface area (Å²) in [4.78, 5) is 27.6. The fourth-order valence-electron chi connectivity index (χ4n) is 3.98. The average Bonchev–Trinajstić information content (AvgIpc) is 3.02. The van der Waals surface area contributed by atoms with Crippen LogP contribution in [0.15, 0.2) is 54.1 Å². The van der Waals surface area contributed by atoms with Crippen LogP contribution in [0.25, 0.3) is 5.76 Å². The van der Waals surface area contributed by atoms with Crippen LogP contribution in [0.3, 0.4) is 0 Å². The molecule has 176 valence electrons. The predicted octanol–water partition coefficient (Wildman–Crippen LogP) is 5.02. The number of rotatable bonds is 9. The van der Waals surface area contributed by atoms with Gasteiger partial charge in [-0.05, 0) is 70.4 Å². The van der Waals surface area contributed by atoms with Gasteiger partial charge in [0.15, 0.2) is 0 Å². The van der Waals surface area contributed by atoms with Gasteiger partial charge in [-0.3, -0.25) is 9.59 Å². The Morgan fingerprint density at radius 2 is 1.73 bits per heavy atom. The Morgan fingerprint density at radius 3 is 2.33 bits per heavy atom. The van der Waals surface area contributed by atoms with Gasteiger partial charge in [0, 0.05) is 18.7 Å². The van der Waals surface area contributed by atoms with Gasteiger partial charge in [-0.25, -0.2) is 0 Å². The van der Waals surface area contributed by atoms with Crippen LogP contribution in [0.4, 0.5) is 0 Å². The second kappa shape index (κ2) is 10.7. The fourth-order valence-corrected chi connectivity index (χ4v) is 3.98. The van der Waals surface area contributed by atoms with Crippen LogP contribution in [0.5, 0.6) is 5.75 Å². The number of nitrogens with zero attached hydrogens (tertiary/aromatic N) is 1. The molecule has 1 amide bonds. The first kappa shape index (κ1) is 24.5.